The van der Waals surface area contributed by atoms with E-state index in [2.05, 4.69) is 14.9 Å². The number of guanidine groups is 1. The third-order valence-electron chi connectivity index (χ3n) is 6.61. The Morgan fingerprint density at radius 3 is 2.91 bits per heavy atom. The van der Waals surface area contributed by atoms with Crippen molar-refractivity contribution in [2.75, 3.05) is 26.2 Å². The van der Waals surface area contributed by atoms with Crippen molar-refractivity contribution in [1.82, 2.24) is 4.90 Å². The minimum atomic E-state index is -0.336. The summed E-state index contributed by atoms with van der Waals surface area (Å²) in [5.41, 5.74) is 6.50. The summed E-state index contributed by atoms with van der Waals surface area (Å²) in [6.45, 7) is 6.80. The van der Waals surface area contributed by atoms with Gasteiger partial charge in [-0.15, -0.1) is 0 Å². The zero-order valence-electron chi connectivity index (χ0n) is 19.0. The molecule has 3 aliphatic rings. The molecule has 4 rings (SSSR count). The van der Waals surface area contributed by atoms with Crippen LogP contribution in [0.4, 0.5) is 4.39 Å². The van der Waals surface area contributed by atoms with E-state index in [1.807, 2.05) is 19.1 Å². The Morgan fingerprint density at radius 1 is 1.38 bits per heavy atom. The van der Waals surface area contributed by atoms with E-state index in [0.29, 0.717) is 48.0 Å². The number of nitrogens with two attached hydrogens (primary N) is 1. The molecule has 2 unspecified atom stereocenters. The standard InChI is InChI=1S/C25H33FN4O2/c1-3-10-29-25(27)30-12-7-18(8-13-30)22-15-19(22)9-14-31-20-4-5-21(23(26)16-20)24-6-11-28-17(2)32-24/h3-6,10,16,18-19,22H,7-9,11-15H2,1-2H3,(H2,27,29)/b10-3-. The van der Waals surface area contributed by atoms with Crippen molar-refractivity contribution in [1.29, 1.82) is 0 Å². The van der Waals surface area contributed by atoms with Gasteiger partial charge in [-0.3, -0.25) is 4.99 Å². The number of hydrogen-bond donors (Lipinski definition) is 1. The maximum absolute atomic E-state index is 14.6. The smallest absolute Gasteiger partial charge is 0.195 e. The van der Waals surface area contributed by atoms with Gasteiger partial charge in [-0.2, -0.15) is 0 Å². The van der Waals surface area contributed by atoms with Crippen molar-refractivity contribution in [3.8, 4) is 5.75 Å². The third kappa shape index (κ3) is 5.50. The van der Waals surface area contributed by atoms with Gasteiger partial charge in [-0.1, -0.05) is 6.08 Å². The van der Waals surface area contributed by atoms with E-state index in [1.165, 1.54) is 25.3 Å². The van der Waals surface area contributed by atoms with Crippen LogP contribution >= 0.6 is 0 Å². The fourth-order valence-corrected chi connectivity index (χ4v) is 4.74. The first kappa shape index (κ1) is 22.4. The molecule has 0 radical (unpaired) electrons. The van der Waals surface area contributed by atoms with Gasteiger partial charge in [0, 0.05) is 32.3 Å². The summed E-state index contributed by atoms with van der Waals surface area (Å²) < 4.78 is 25.9. The lowest BCUT2D eigenvalue weighted by Gasteiger charge is -2.32. The molecular weight excluding hydrogens is 407 g/mol. The van der Waals surface area contributed by atoms with E-state index in [4.69, 9.17) is 15.2 Å². The number of allylic oxidation sites excluding steroid dienone is 1. The number of hydrogen-bond acceptors (Lipinski definition) is 4. The Kier molecular flexibility index (Phi) is 7.12. The predicted octanol–water partition coefficient (Wildman–Crippen LogP) is 4.58. The molecule has 6 nitrogen and oxygen atoms in total. The topological polar surface area (TPSA) is 72.4 Å². The number of benzene rings is 1. The van der Waals surface area contributed by atoms with Gasteiger partial charge in [0.25, 0.3) is 0 Å². The normalized spacial score (nSPS) is 24.2. The Balaban J connectivity index is 1.19. The zero-order chi connectivity index (χ0) is 22.5. The zero-order valence-corrected chi connectivity index (χ0v) is 19.0. The van der Waals surface area contributed by atoms with E-state index in [-0.39, 0.29) is 5.82 Å². The summed E-state index contributed by atoms with van der Waals surface area (Å²) in [5, 5.41) is 0. The Hall–Kier alpha value is -2.83. The first-order valence-electron chi connectivity index (χ1n) is 11.6. The summed E-state index contributed by atoms with van der Waals surface area (Å²) in [7, 11) is 0. The van der Waals surface area contributed by atoms with Crippen LogP contribution in [0.15, 0.2) is 46.5 Å². The lowest BCUT2D eigenvalue weighted by atomic mass is 9.90. The van der Waals surface area contributed by atoms with Gasteiger partial charge in [0.05, 0.1) is 18.7 Å². The van der Waals surface area contributed by atoms with Gasteiger partial charge in [-0.25, -0.2) is 9.38 Å². The van der Waals surface area contributed by atoms with Crippen LogP contribution < -0.4 is 10.5 Å². The highest BCUT2D eigenvalue weighted by Crippen LogP contribution is 2.49. The fraction of sp³-hybridized carbons (Fsp3) is 0.520. The van der Waals surface area contributed by atoms with Crippen molar-refractivity contribution >= 4 is 17.6 Å². The molecule has 1 saturated carbocycles. The molecule has 0 bridgehead atoms. The van der Waals surface area contributed by atoms with Gasteiger partial charge in [0.1, 0.15) is 17.3 Å². The lowest BCUT2D eigenvalue weighted by molar-refractivity contribution is 0.230. The van der Waals surface area contributed by atoms with E-state index >= 15 is 0 Å². The minimum absolute atomic E-state index is 0.336. The van der Waals surface area contributed by atoms with E-state index < -0.39 is 0 Å². The molecule has 2 aliphatic heterocycles. The number of likely N-dealkylation sites (tertiary alicyclic amines) is 1. The van der Waals surface area contributed by atoms with Crippen molar-refractivity contribution in [3.63, 3.8) is 0 Å². The van der Waals surface area contributed by atoms with Crippen LogP contribution in [0.5, 0.6) is 5.75 Å². The molecule has 0 amide bonds. The average Bonchev–Trinajstić information content (AvgIpc) is 3.57. The summed E-state index contributed by atoms with van der Waals surface area (Å²) in [4.78, 5) is 10.6. The van der Waals surface area contributed by atoms with Crippen LogP contribution in [0.3, 0.4) is 0 Å². The fourth-order valence-electron chi connectivity index (χ4n) is 4.74. The molecule has 1 aromatic carbocycles. The van der Waals surface area contributed by atoms with E-state index in [0.717, 1.165) is 31.3 Å². The van der Waals surface area contributed by atoms with Crippen LogP contribution in [0.1, 0.15) is 45.1 Å². The van der Waals surface area contributed by atoms with Crippen molar-refractivity contribution in [2.45, 2.75) is 39.5 Å². The highest BCUT2D eigenvalue weighted by Gasteiger charge is 2.43. The maximum Gasteiger partial charge on any atom is 0.195 e. The molecule has 1 saturated heterocycles. The van der Waals surface area contributed by atoms with Crippen molar-refractivity contribution < 1.29 is 13.9 Å². The maximum atomic E-state index is 14.6. The van der Waals surface area contributed by atoms with Crippen molar-refractivity contribution in [3.05, 3.63) is 47.9 Å². The number of ether oxygens (including phenoxy) is 2. The molecule has 2 fully saturated rings. The highest BCUT2D eigenvalue weighted by molar-refractivity contribution is 5.82. The molecule has 32 heavy (non-hydrogen) atoms. The number of rotatable bonds is 7. The van der Waals surface area contributed by atoms with Crippen LogP contribution in [-0.4, -0.2) is 43.0 Å². The van der Waals surface area contributed by atoms with Crippen LogP contribution in [0, 0.1) is 23.6 Å². The predicted molar refractivity (Wildman–Crippen MR) is 126 cm³/mol. The first-order chi connectivity index (χ1) is 15.5. The number of nitrogens with zero attached hydrogens (tertiary/aromatic N) is 3. The van der Waals surface area contributed by atoms with Gasteiger partial charge < -0.3 is 20.1 Å². The lowest BCUT2D eigenvalue weighted by Crippen LogP contribution is -2.43. The second kappa shape index (κ2) is 10.2. The monoisotopic (exact) mass is 440 g/mol. The van der Waals surface area contributed by atoms with Gasteiger partial charge in [0.2, 0.25) is 0 Å². The summed E-state index contributed by atoms with van der Waals surface area (Å²) in [6, 6.07) is 4.97. The van der Waals surface area contributed by atoms with Gasteiger partial charge in [-0.05, 0) is 68.6 Å². The quantitative estimate of drug-likeness (QED) is 0.498. The molecular formula is C25H33FN4O2. The molecule has 0 aromatic heterocycles. The van der Waals surface area contributed by atoms with E-state index in [9.17, 15) is 4.39 Å². The molecule has 7 heteroatoms. The van der Waals surface area contributed by atoms with E-state index in [1.54, 1.807) is 25.3 Å². The summed E-state index contributed by atoms with van der Waals surface area (Å²) in [5.74, 6) is 4.18. The van der Waals surface area contributed by atoms with Crippen LogP contribution in [0.25, 0.3) is 5.76 Å². The molecule has 2 heterocycles. The second-order valence-electron chi connectivity index (χ2n) is 8.76. The average molecular weight is 441 g/mol. The Bertz CT molecular complexity index is 932. The SMILES string of the molecule is C/C=C\N=C(N)N1CCC(C2CC2CCOc2ccc(C3=CCN=C(C)O3)c(F)c2)CC1. The van der Waals surface area contributed by atoms with Crippen LogP contribution in [0.2, 0.25) is 0 Å². The Morgan fingerprint density at radius 2 is 2.19 bits per heavy atom. The summed E-state index contributed by atoms with van der Waals surface area (Å²) >= 11 is 0. The molecule has 1 aromatic rings. The minimum Gasteiger partial charge on any atom is -0.493 e. The largest absolute Gasteiger partial charge is 0.493 e. The molecule has 2 N–H and O–H groups in total. The molecule has 1 aliphatic carbocycles. The molecule has 172 valence electrons. The van der Waals surface area contributed by atoms with Crippen LogP contribution in [-0.2, 0) is 4.74 Å². The van der Waals surface area contributed by atoms with Crippen molar-refractivity contribution in [2.24, 2.45) is 33.5 Å². The Labute approximate surface area is 189 Å². The second-order valence-corrected chi connectivity index (χ2v) is 8.76. The number of piperidine rings is 1. The first-order valence-corrected chi connectivity index (χ1v) is 11.6. The number of aliphatic imine (C=N–C) groups is 2. The highest BCUT2D eigenvalue weighted by atomic mass is 19.1. The number of halogens is 1. The summed E-state index contributed by atoms with van der Waals surface area (Å²) in [6.07, 6.45) is 10.0. The molecule has 0 spiro atoms. The van der Waals surface area contributed by atoms with Gasteiger partial charge >= 0.3 is 0 Å². The van der Waals surface area contributed by atoms with Gasteiger partial charge in [0.15, 0.2) is 11.9 Å². The molecule has 2 atom stereocenters. The third-order valence-corrected chi connectivity index (χ3v) is 6.61.